The van der Waals surface area contributed by atoms with E-state index in [4.69, 9.17) is 4.74 Å². The number of hydrogen-bond donors (Lipinski definition) is 1. The molecule has 1 N–H and O–H groups in total. The molecule has 0 bridgehead atoms. The molecule has 0 aromatic carbocycles. The molecule has 1 spiro atoms. The number of nitrogens with zero attached hydrogens (tertiary/aromatic N) is 1. The van der Waals surface area contributed by atoms with E-state index in [1.165, 1.54) is 0 Å². The number of sulfonamides is 1. The average Bonchev–Trinajstić information content (AvgIpc) is 2.40. The number of nitrogens with one attached hydrogen (secondary N) is 1. The lowest BCUT2D eigenvalue weighted by Gasteiger charge is -2.44. The lowest BCUT2D eigenvalue weighted by atomic mass is 9.75. The van der Waals surface area contributed by atoms with Gasteiger partial charge >= 0.3 is 0 Å². The zero-order valence-electron chi connectivity index (χ0n) is 11.9. The van der Waals surface area contributed by atoms with Crippen molar-refractivity contribution in [3.63, 3.8) is 0 Å². The third kappa shape index (κ3) is 3.90. The fourth-order valence-electron chi connectivity index (χ4n) is 3.29. The summed E-state index contributed by atoms with van der Waals surface area (Å²) >= 11 is 0. The summed E-state index contributed by atoms with van der Waals surface area (Å²) in [6.07, 6.45) is 5.05. The number of rotatable bonds is 5. The lowest BCUT2D eigenvalue weighted by Crippen LogP contribution is -2.52. The second kappa shape index (κ2) is 6.52. The van der Waals surface area contributed by atoms with Crippen molar-refractivity contribution < 1.29 is 13.2 Å². The summed E-state index contributed by atoms with van der Waals surface area (Å²) in [7, 11) is -1.50. The van der Waals surface area contributed by atoms with Crippen LogP contribution in [0.5, 0.6) is 0 Å². The second-order valence-corrected chi connectivity index (χ2v) is 7.97. The van der Waals surface area contributed by atoms with Gasteiger partial charge < -0.3 is 10.1 Å². The molecule has 0 aliphatic carbocycles. The van der Waals surface area contributed by atoms with Crippen LogP contribution >= 0.6 is 0 Å². The Hall–Kier alpha value is -0.170. The monoisotopic (exact) mass is 290 g/mol. The highest BCUT2D eigenvalue weighted by atomic mass is 32.2. The van der Waals surface area contributed by atoms with Crippen LogP contribution in [0.25, 0.3) is 0 Å². The van der Waals surface area contributed by atoms with Gasteiger partial charge in [-0.3, -0.25) is 0 Å². The fourth-order valence-corrected chi connectivity index (χ4v) is 4.91. The summed E-state index contributed by atoms with van der Waals surface area (Å²) in [4.78, 5) is 0. The van der Waals surface area contributed by atoms with Crippen LogP contribution in [0, 0.1) is 5.41 Å². The summed E-state index contributed by atoms with van der Waals surface area (Å²) in [5.74, 6) is 0.213. The maximum absolute atomic E-state index is 12.3. The molecule has 0 saturated carbocycles. The molecule has 1 atom stereocenters. The van der Waals surface area contributed by atoms with Gasteiger partial charge in [0.25, 0.3) is 0 Å². The minimum atomic E-state index is -3.11. The molecule has 2 heterocycles. The molecule has 2 saturated heterocycles. The first-order chi connectivity index (χ1) is 9.08. The molecule has 19 heavy (non-hydrogen) atoms. The Labute approximate surface area is 116 Å². The van der Waals surface area contributed by atoms with Gasteiger partial charge in [0.05, 0.1) is 5.75 Å². The third-order valence-electron chi connectivity index (χ3n) is 4.33. The van der Waals surface area contributed by atoms with E-state index in [2.05, 4.69) is 5.32 Å². The summed E-state index contributed by atoms with van der Waals surface area (Å²) in [6.45, 7) is 3.95. The Morgan fingerprint density at radius 3 is 2.79 bits per heavy atom. The summed E-state index contributed by atoms with van der Waals surface area (Å²) in [5, 5.41) is 3.43. The Morgan fingerprint density at radius 2 is 2.11 bits per heavy atom. The van der Waals surface area contributed by atoms with Crippen LogP contribution in [0.3, 0.4) is 0 Å². The maximum atomic E-state index is 12.3. The van der Waals surface area contributed by atoms with Crippen molar-refractivity contribution in [3.05, 3.63) is 0 Å². The number of methoxy groups -OCH3 is 1. The maximum Gasteiger partial charge on any atom is 0.214 e. The molecule has 112 valence electrons. The molecule has 2 aliphatic heterocycles. The predicted octanol–water partition coefficient (Wildman–Crippen LogP) is 0.818. The van der Waals surface area contributed by atoms with E-state index in [1.807, 2.05) is 0 Å². The number of hydrogen-bond acceptors (Lipinski definition) is 4. The topological polar surface area (TPSA) is 58.6 Å². The van der Waals surface area contributed by atoms with Crippen LogP contribution in [0.1, 0.15) is 32.1 Å². The van der Waals surface area contributed by atoms with Gasteiger partial charge in [-0.25, -0.2) is 12.7 Å². The first-order valence-electron chi connectivity index (χ1n) is 7.26. The molecule has 0 amide bonds. The number of piperidine rings is 2. The van der Waals surface area contributed by atoms with Crippen molar-refractivity contribution >= 4 is 10.0 Å². The van der Waals surface area contributed by atoms with Crippen molar-refractivity contribution in [2.45, 2.75) is 32.1 Å². The molecule has 0 aromatic rings. The van der Waals surface area contributed by atoms with Crippen LogP contribution in [-0.2, 0) is 14.8 Å². The van der Waals surface area contributed by atoms with E-state index in [-0.39, 0.29) is 11.2 Å². The Morgan fingerprint density at radius 1 is 1.32 bits per heavy atom. The van der Waals surface area contributed by atoms with Crippen LogP contribution < -0.4 is 5.32 Å². The second-order valence-electron chi connectivity index (χ2n) is 5.88. The smallest absolute Gasteiger partial charge is 0.214 e. The van der Waals surface area contributed by atoms with Crippen molar-refractivity contribution in [3.8, 4) is 0 Å². The lowest BCUT2D eigenvalue weighted by molar-refractivity contribution is 0.110. The molecule has 2 fully saturated rings. The predicted molar refractivity (Wildman–Crippen MR) is 75.6 cm³/mol. The third-order valence-corrected chi connectivity index (χ3v) is 6.23. The van der Waals surface area contributed by atoms with Crippen molar-refractivity contribution in [2.75, 3.05) is 45.6 Å². The largest absolute Gasteiger partial charge is 0.385 e. The van der Waals surface area contributed by atoms with Gasteiger partial charge in [0.2, 0.25) is 10.0 Å². The molecule has 2 rings (SSSR count). The zero-order chi connectivity index (χ0) is 13.8. The normalized spacial score (nSPS) is 29.7. The van der Waals surface area contributed by atoms with E-state index < -0.39 is 10.0 Å². The van der Waals surface area contributed by atoms with E-state index in [9.17, 15) is 8.42 Å². The molecule has 0 aromatic heterocycles. The van der Waals surface area contributed by atoms with E-state index in [0.717, 1.165) is 38.8 Å². The van der Waals surface area contributed by atoms with Gasteiger partial charge in [0.1, 0.15) is 0 Å². The van der Waals surface area contributed by atoms with Crippen molar-refractivity contribution in [1.29, 1.82) is 0 Å². The van der Waals surface area contributed by atoms with Gasteiger partial charge in [-0.05, 0) is 44.1 Å². The van der Waals surface area contributed by atoms with Gasteiger partial charge in [0, 0.05) is 33.4 Å². The van der Waals surface area contributed by atoms with E-state index in [1.54, 1.807) is 11.4 Å². The molecular formula is C13H26N2O3S. The zero-order valence-corrected chi connectivity index (χ0v) is 12.7. The van der Waals surface area contributed by atoms with E-state index in [0.29, 0.717) is 26.1 Å². The van der Waals surface area contributed by atoms with Crippen LogP contribution in [0.2, 0.25) is 0 Å². The van der Waals surface area contributed by atoms with Crippen molar-refractivity contribution in [2.24, 2.45) is 5.41 Å². The summed E-state index contributed by atoms with van der Waals surface area (Å²) < 4.78 is 31.3. The quantitative estimate of drug-likeness (QED) is 0.762. The SMILES string of the molecule is COCCCS(=O)(=O)N1CCCC2(CCCNC2)C1. The Kier molecular flexibility index (Phi) is 5.22. The van der Waals surface area contributed by atoms with Gasteiger partial charge in [-0.1, -0.05) is 0 Å². The molecule has 0 radical (unpaired) electrons. The first kappa shape index (κ1) is 15.2. The van der Waals surface area contributed by atoms with Gasteiger partial charge in [-0.2, -0.15) is 0 Å². The highest BCUT2D eigenvalue weighted by molar-refractivity contribution is 7.89. The van der Waals surface area contributed by atoms with E-state index >= 15 is 0 Å². The minimum Gasteiger partial charge on any atom is -0.385 e. The van der Waals surface area contributed by atoms with Gasteiger partial charge in [-0.15, -0.1) is 0 Å². The van der Waals surface area contributed by atoms with Crippen molar-refractivity contribution in [1.82, 2.24) is 9.62 Å². The molecule has 5 nitrogen and oxygen atoms in total. The Bertz CT molecular complexity index is 372. The average molecular weight is 290 g/mol. The Balaban J connectivity index is 1.96. The first-order valence-corrected chi connectivity index (χ1v) is 8.86. The van der Waals surface area contributed by atoms with Crippen LogP contribution in [0.4, 0.5) is 0 Å². The minimum absolute atomic E-state index is 0.185. The molecule has 2 aliphatic rings. The summed E-state index contributed by atoms with van der Waals surface area (Å²) in [6, 6.07) is 0. The standard InChI is InChI=1S/C13H26N2O3S/c1-18-9-4-10-19(16,17)15-8-3-6-13(12-15)5-2-7-14-11-13/h14H,2-12H2,1H3. The highest BCUT2D eigenvalue weighted by Crippen LogP contribution is 2.36. The van der Waals surface area contributed by atoms with Gasteiger partial charge in [0.15, 0.2) is 0 Å². The molecule has 6 heteroatoms. The molecular weight excluding hydrogens is 264 g/mol. The van der Waals surface area contributed by atoms with Crippen LogP contribution in [-0.4, -0.2) is 58.4 Å². The molecule has 1 unspecified atom stereocenters. The van der Waals surface area contributed by atoms with Crippen LogP contribution in [0.15, 0.2) is 0 Å². The highest BCUT2D eigenvalue weighted by Gasteiger charge is 2.39. The summed E-state index contributed by atoms with van der Waals surface area (Å²) in [5.41, 5.74) is 0.185. The number of ether oxygens (including phenoxy) is 1. The fraction of sp³-hybridized carbons (Fsp3) is 1.00.